The third-order valence-corrected chi connectivity index (χ3v) is 3.24. The monoisotopic (exact) mass is 326 g/mol. The molecule has 0 radical (unpaired) electrons. The molecule has 0 amide bonds. The van der Waals surface area contributed by atoms with E-state index in [1.807, 2.05) is 25.1 Å². The van der Waals surface area contributed by atoms with Crippen LogP contribution in [0.1, 0.15) is 11.1 Å². The summed E-state index contributed by atoms with van der Waals surface area (Å²) in [5.41, 5.74) is 2.65. The molecule has 0 aliphatic heterocycles. The average molecular weight is 328 g/mol. The molecule has 3 nitrogen and oxygen atoms in total. The fourth-order valence-corrected chi connectivity index (χ4v) is 2.09. The highest BCUT2D eigenvalue weighted by molar-refractivity contribution is 9.10. The van der Waals surface area contributed by atoms with Crippen LogP contribution in [0.5, 0.6) is 5.75 Å². The normalized spacial score (nSPS) is 10.4. The molecule has 0 bridgehead atoms. The van der Waals surface area contributed by atoms with Crippen LogP contribution in [0.15, 0.2) is 34.9 Å². The molecule has 5 heteroatoms. The van der Waals surface area contributed by atoms with Crippen LogP contribution in [0.2, 0.25) is 5.15 Å². The zero-order valence-electron chi connectivity index (χ0n) is 9.74. The van der Waals surface area contributed by atoms with Crippen LogP contribution in [-0.4, -0.2) is 10.1 Å². The Morgan fingerprint density at radius 2 is 2.17 bits per heavy atom. The third-order valence-electron chi connectivity index (χ3n) is 2.51. The SMILES string of the molecule is Cc1ccc(O)c(CNc2cc(Br)cnc2Cl)c1. The van der Waals surface area contributed by atoms with E-state index in [1.54, 1.807) is 12.3 Å². The predicted octanol–water partition coefficient (Wildman–Crippen LogP) is 4.12. The van der Waals surface area contributed by atoms with Crippen molar-refractivity contribution >= 4 is 33.2 Å². The molecule has 0 spiro atoms. The van der Waals surface area contributed by atoms with Crippen LogP contribution < -0.4 is 5.32 Å². The first-order valence-corrected chi connectivity index (χ1v) is 6.57. The Morgan fingerprint density at radius 1 is 1.39 bits per heavy atom. The molecule has 1 aromatic heterocycles. The first kappa shape index (κ1) is 13.2. The highest BCUT2D eigenvalue weighted by Gasteiger charge is 2.05. The van der Waals surface area contributed by atoms with Crippen LogP contribution in [-0.2, 0) is 6.54 Å². The van der Waals surface area contributed by atoms with Crippen LogP contribution >= 0.6 is 27.5 Å². The van der Waals surface area contributed by atoms with Gasteiger partial charge in [0.15, 0.2) is 5.15 Å². The molecule has 1 heterocycles. The van der Waals surface area contributed by atoms with Gasteiger partial charge in [-0.3, -0.25) is 0 Å². The molecule has 0 fully saturated rings. The Morgan fingerprint density at radius 3 is 2.94 bits per heavy atom. The second kappa shape index (κ2) is 5.59. The average Bonchev–Trinajstić information content (AvgIpc) is 2.34. The maximum Gasteiger partial charge on any atom is 0.152 e. The fraction of sp³-hybridized carbons (Fsp3) is 0.154. The second-order valence-corrected chi connectivity index (χ2v) is 5.25. The Hall–Kier alpha value is -1.26. The van der Waals surface area contributed by atoms with Gasteiger partial charge in [-0.15, -0.1) is 0 Å². The lowest BCUT2D eigenvalue weighted by Gasteiger charge is -2.10. The molecule has 2 rings (SSSR count). The lowest BCUT2D eigenvalue weighted by Crippen LogP contribution is -2.01. The van der Waals surface area contributed by atoms with E-state index in [0.717, 1.165) is 21.3 Å². The number of nitrogens with one attached hydrogen (secondary N) is 1. The summed E-state index contributed by atoms with van der Waals surface area (Å²) >= 11 is 9.31. The standard InChI is InChI=1S/C13H12BrClN2O/c1-8-2-3-12(18)9(4-8)6-16-11-5-10(14)7-17-13(11)15/h2-5,7,16,18H,6H2,1H3. The number of nitrogens with zero attached hydrogens (tertiary/aromatic N) is 1. The molecule has 1 aromatic carbocycles. The molecule has 0 atom stereocenters. The Balaban J connectivity index is 2.16. The van der Waals surface area contributed by atoms with E-state index < -0.39 is 0 Å². The number of pyridine rings is 1. The van der Waals surface area contributed by atoms with Gasteiger partial charge in [0.05, 0.1) is 5.69 Å². The lowest BCUT2D eigenvalue weighted by molar-refractivity contribution is 0.469. The molecule has 0 unspecified atom stereocenters. The maximum absolute atomic E-state index is 9.74. The molecule has 2 aromatic rings. The van der Waals surface area contributed by atoms with Crippen LogP contribution in [0.4, 0.5) is 5.69 Å². The molecule has 0 saturated carbocycles. The fourth-order valence-electron chi connectivity index (χ4n) is 1.59. The Kier molecular flexibility index (Phi) is 4.09. The van der Waals surface area contributed by atoms with Gasteiger partial charge in [0.1, 0.15) is 5.75 Å². The number of rotatable bonds is 3. The number of benzene rings is 1. The van der Waals surface area contributed by atoms with Crippen molar-refractivity contribution < 1.29 is 5.11 Å². The summed E-state index contributed by atoms with van der Waals surface area (Å²) in [6.07, 6.45) is 1.64. The Labute approximate surface area is 119 Å². The summed E-state index contributed by atoms with van der Waals surface area (Å²) < 4.78 is 0.850. The van der Waals surface area contributed by atoms with Gasteiger partial charge in [-0.25, -0.2) is 4.98 Å². The van der Waals surface area contributed by atoms with Crippen LogP contribution in [0.3, 0.4) is 0 Å². The van der Waals surface area contributed by atoms with Crippen molar-refractivity contribution in [2.24, 2.45) is 0 Å². The number of halogens is 2. The first-order chi connectivity index (χ1) is 8.56. The summed E-state index contributed by atoms with van der Waals surface area (Å²) in [5, 5.41) is 13.3. The molecule has 0 aliphatic carbocycles. The van der Waals surface area contributed by atoms with Gasteiger partial charge in [-0.1, -0.05) is 29.3 Å². The van der Waals surface area contributed by atoms with E-state index in [-0.39, 0.29) is 5.75 Å². The summed E-state index contributed by atoms with van der Waals surface area (Å²) in [6, 6.07) is 7.34. The number of phenols is 1. The van der Waals surface area contributed by atoms with E-state index in [9.17, 15) is 5.11 Å². The second-order valence-electron chi connectivity index (χ2n) is 3.98. The number of phenolic OH excluding ortho intramolecular Hbond substituents is 1. The topological polar surface area (TPSA) is 45.1 Å². The number of aromatic hydroxyl groups is 1. The molecule has 94 valence electrons. The summed E-state index contributed by atoms with van der Waals surface area (Å²) in [4.78, 5) is 4.02. The number of hydrogen-bond acceptors (Lipinski definition) is 3. The molecule has 18 heavy (non-hydrogen) atoms. The first-order valence-electron chi connectivity index (χ1n) is 5.39. The molecule has 0 aliphatic rings. The van der Waals surface area contributed by atoms with Crippen molar-refractivity contribution in [2.75, 3.05) is 5.32 Å². The molecular weight excluding hydrogens is 316 g/mol. The van der Waals surface area contributed by atoms with Crippen molar-refractivity contribution in [3.05, 3.63) is 51.2 Å². The zero-order chi connectivity index (χ0) is 13.1. The maximum atomic E-state index is 9.74. The zero-order valence-corrected chi connectivity index (χ0v) is 12.1. The molecule has 2 N–H and O–H groups in total. The number of hydrogen-bond donors (Lipinski definition) is 2. The summed E-state index contributed by atoms with van der Waals surface area (Å²) in [6.45, 7) is 2.47. The van der Waals surface area contributed by atoms with Crippen molar-refractivity contribution in [1.82, 2.24) is 4.98 Å². The van der Waals surface area contributed by atoms with Gasteiger partial charge in [0.25, 0.3) is 0 Å². The minimum Gasteiger partial charge on any atom is -0.508 e. The number of aromatic nitrogens is 1. The van der Waals surface area contributed by atoms with Gasteiger partial charge in [0, 0.05) is 22.8 Å². The quantitative estimate of drug-likeness (QED) is 0.833. The summed E-state index contributed by atoms with van der Waals surface area (Å²) in [7, 11) is 0. The minimum absolute atomic E-state index is 0.271. The van der Waals surface area contributed by atoms with E-state index in [1.165, 1.54) is 0 Å². The van der Waals surface area contributed by atoms with Crippen molar-refractivity contribution in [2.45, 2.75) is 13.5 Å². The van der Waals surface area contributed by atoms with E-state index >= 15 is 0 Å². The smallest absolute Gasteiger partial charge is 0.152 e. The Bertz CT molecular complexity index is 523. The van der Waals surface area contributed by atoms with Crippen molar-refractivity contribution in [1.29, 1.82) is 0 Å². The largest absolute Gasteiger partial charge is 0.508 e. The van der Waals surface area contributed by atoms with Gasteiger partial charge in [-0.05, 0) is 35.0 Å². The van der Waals surface area contributed by atoms with Crippen molar-refractivity contribution in [3.8, 4) is 5.75 Å². The highest BCUT2D eigenvalue weighted by atomic mass is 79.9. The lowest BCUT2D eigenvalue weighted by atomic mass is 10.1. The van der Waals surface area contributed by atoms with Gasteiger partial charge >= 0.3 is 0 Å². The van der Waals surface area contributed by atoms with E-state index in [4.69, 9.17) is 11.6 Å². The highest BCUT2D eigenvalue weighted by Crippen LogP contribution is 2.25. The number of aryl methyl sites for hydroxylation is 1. The van der Waals surface area contributed by atoms with E-state index in [2.05, 4.69) is 26.2 Å². The number of anilines is 1. The van der Waals surface area contributed by atoms with E-state index in [0.29, 0.717) is 11.7 Å². The van der Waals surface area contributed by atoms with Gasteiger partial charge in [-0.2, -0.15) is 0 Å². The van der Waals surface area contributed by atoms with Crippen molar-refractivity contribution in [3.63, 3.8) is 0 Å². The van der Waals surface area contributed by atoms with Crippen LogP contribution in [0, 0.1) is 6.92 Å². The predicted molar refractivity (Wildman–Crippen MR) is 77.1 cm³/mol. The molecular formula is C13H12BrClN2O. The van der Waals surface area contributed by atoms with Gasteiger partial charge < -0.3 is 10.4 Å². The third kappa shape index (κ3) is 3.15. The summed E-state index contributed by atoms with van der Waals surface area (Å²) in [5.74, 6) is 0.271. The minimum atomic E-state index is 0.271. The van der Waals surface area contributed by atoms with Gasteiger partial charge in [0.2, 0.25) is 0 Å². The molecule has 0 saturated heterocycles. The van der Waals surface area contributed by atoms with Crippen LogP contribution in [0.25, 0.3) is 0 Å².